The normalized spacial score (nSPS) is 28.1. The highest BCUT2D eigenvalue weighted by molar-refractivity contribution is 6.22. The number of allylic oxidation sites excluding steroid dienone is 1. The maximum absolute atomic E-state index is 14.3. The molecule has 2 aromatic carbocycles. The fourth-order valence-corrected chi connectivity index (χ4v) is 4.89. The lowest BCUT2D eigenvalue weighted by Crippen LogP contribution is -2.56. The summed E-state index contributed by atoms with van der Waals surface area (Å²) in [6.07, 6.45) is 2.90. The van der Waals surface area contributed by atoms with Gasteiger partial charge in [-0.05, 0) is 42.7 Å². The smallest absolute Gasteiger partial charge is 0.173 e. The first-order valence-electron chi connectivity index (χ1n) is 10.3. The molecule has 3 aliphatic rings. The van der Waals surface area contributed by atoms with Gasteiger partial charge in [0.2, 0.25) is 0 Å². The molecule has 2 heterocycles. The van der Waals surface area contributed by atoms with E-state index in [-0.39, 0.29) is 35.6 Å². The lowest BCUT2D eigenvalue weighted by Gasteiger charge is -2.48. The second kappa shape index (κ2) is 7.76. The Balaban J connectivity index is 1.39. The molecule has 2 aliphatic heterocycles. The SMILES string of the molecule is COc1ccc(C2=COC3C(CCC4OCN(c5ccccc5F)CC43)C2=O)cc1. The summed E-state index contributed by atoms with van der Waals surface area (Å²) in [4.78, 5) is 15.2. The van der Waals surface area contributed by atoms with Gasteiger partial charge in [-0.25, -0.2) is 4.39 Å². The zero-order chi connectivity index (χ0) is 20.7. The van der Waals surface area contributed by atoms with Crippen molar-refractivity contribution in [2.24, 2.45) is 11.8 Å². The molecule has 156 valence electrons. The Hall–Kier alpha value is -2.86. The maximum atomic E-state index is 14.3. The van der Waals surface area contributed by atoms with Crippen molar-refractivity contribution >= 4 is 17.0 Å². The van der Waals surface area contributed by atoms with Gasteiger partial charge in [0.15, 0.2) is 5.78 Å². The van der Waals surface area contributed by atoms with Gasteiger partial charge < -0.3 is 19.1 Å². The number of para-hydroxylation sites is 1. The fraction of sp³-hybridized carbons (Fsp3) is 0.375. The second-order valence-electron chi connectivity index (χ2n) is 8.08. The van der Waals surface area contributed by atoms with Crippen LogP contribution in [0.1, 0.15) is 18.4 Å². The number of nitrogens with zero attached hydrogens (tertiary/aromatic N) is 1. The molecule has 6 heteroatoms. The van der Waals surface area contributed by atoms with Crippen molar-refractivity contribution in [2.45, 2.75) is 25.0 Å². The van der Waals surface area contributed by atoms with E-state index in [1.54, 1.807) is 25.5 Å². The van der Waals surface area contributed by atoms with E-state index in [1.165, 1.54) is 6.07 Å². The molecular weight excluding hydrogens is 385 g/mol. The minimum absolute atomic E-state index is 0.00900. The molecule has 30 heavy (non-hydrogen) atoms. The number of carbonyl (C=O) groups is 1. The van der Waals surface area contributed by atoms with Gasteiger partial charge in [0, 0.05) is 12.5 Å². The highest BCUT2D eigenvalue weighted by Crippen LogP contribution is 2.42. The van der Waals surface area contributed by atoms with Crippen LogP contribution < -0.4 is 9.64 Å². The number of carbonyl (C=O) groups excluding carboxylic acids is 1. The van der Waals surface area contributed by atoms with Crippen LogP contribution in [0.2, 0.25) is 0 Å². The maximum Gasteiger partial charge on any atom is 0.173 e. The Morgan fingerprint density at radius 3 is 2.67 bits per heavy atom. The minimum Gasteiger partial charge on any atom is -0.497 e. The Kier molecular flexibility index (Phi) is 4.95. The van der Waals surface area contributed by atoms with Crippen molar-refractivity contribution < 1.29 is 23.4 Å². The number of Topliss-reactive ketones (excluding diaryl/α,β-unsaturated/α-hetero) is 1. The molecule has 1 saturated carbocycles. The van der Waals surface area contributed by atoms with Crippen molar-refractivity contribution in [3.63, 3.8) is 0 Å². The molecule has 5 rings (SSSR count). The summed E-state index contributed by atoms with van der Waals surface area (Å²) in [5, 5.41) is 0. The third kappa shape index (κ3) is 3.25. The number of anilines is 1. The summed E-state index contributed by atoms with van der Waals surface area (Å²) >= 11 is 0. The summed E-state index contributed by atoms with van der Waals surface area (Å²) in [6, 6.07) is 14.1. The van der Waals surface area contributed by atoms with E-state index in [4.69, 9.17) is 14.2 Å². The molecule has 2 fully saturated rings. The van der Waals surface area contributed by atoms with Crippen LogP contribution in [0, 0.1) is 17.7 Å². The van der Waals surface area contributed by atoms with E-state index < -0.39 is 0 Å². The summed E-state index contributed by atoms with van der Waals surface area (Å²) in [5.41, 5.74) is 1.95. The number of ketones is 1. The molecule has 1 saturated heterocycles. The van der Waals surface area contributed by atoms with Gasteiger partial charge >= 0.3 is 0 Å². The summed E-state index contributed by atoms with van der Waals surface area (Å²) in [6.45, 7) is 0.951. The Morgan fingerprint density at radius 2 is 1.90 bits per heavy atom. The summed E-state index contributed by atoms with van der Waals surface area (Å²) in [5.74, 6) is 0.383. The number of hydrogen-bond donors (Lipinski definition) is 0. The van der Waals surface area contributed by atoms with Crippen LogP contribution in [-0.2, 0) is 14.3 Å². The first-order valence-corrected chi connectivity index (χ1v) is 10.3. The molecule has 4 atom stereocenters. The average Bonchev–Trinajstić information content (AvgIpc) is 2.79. The molecule has 0 radical (unpaired) electrons. The van der Waals surface area contributed by atoms with Gasteiger partial charge in [0.1, 0.15) is 24.4 Å². The molecule has 4 unspecified atom stereocenters. The molecule has 5 nitrogen and oxygen atoms in total. The number of hydrogen-bond acceptors (Lipinski definition) is 5. The standard InChI is InChI=1S/C24H24FNO4/c1-28-16-8-6-15(7-9-16)19-13-29-24-17(23(19)27)10-11-22-18(24)12-26(14-30-22)21-5-3-2-4-20(21)25/h2-9,13,17-18,22,24H,10-12,14H2,1H3. The molecule has 0 spiro atoms. The minimum atomic E-state index is -0.269. The van der Waals surface area contributed by atoms with E-state index in [0.717, 1.165) is 24.2 Å². The van der Waals surface area contributed by atoms with Gasteiger partial charge in [-0.2, -0.15) is 0 Å². The van der Waals surface area contributed by atoms with Gasteiger partial charge in [0.25, 0.3) is 0 Å². The van der Waals surface area contributed by atoms with Gasteiger partial charge in [-0.3, -0.25) is 4.79 Å². The first-order chi connectivity index (χ1) is 14.7. The zero-order valence-corrected chi connectivity index (χ0v) is 16.8. The predicted molar refractivity (Wildman–Crippen MR) is 111 cm³/mol. The van der Waals surface area contributed by atoms with Crippen LogP contribution in [0.25, 0.3) is 5.57 Å². The zero-order valence-electron chi connectivity index (χ0n) is 16.8. The van der Waals surface area contributed by atoms with E-state index in [0.29, 0.717) is 24.5 Å². The lowest BCUT2D eigenvalue weighted by molar-refractivity contribution is -0.140. The molecule has 0 aromatic heterocycles. The van der Waals surface area contributed by atoms with Crippen LogP contribution in [-0.4, -0.2) is 38.4 Å². The number of rotatable bonds is 3. The molecule has 2 aromatic rings. The van der Waals surface area contributed by atoms with Crippen LogP contribution in [0.5, 0.6) is 5.75 Å². The summed E-state index contributed by atoms with van der Waals surface area (Å²) < 4.78 is 31.7. The summed E-state index contributed by atoms with van der Waals surface area (Å²) in [7, 11) is 1.61. The van der Waals surface area contributed by atoms with E-state index in [9.17, 15) is 9.18 Å². The second-order valence-corrected chi connectivity index (χ2v) is 8.08. The third-order valence-corrected chi connectivity index (χ3v) is 6.47. The molecule has 0 amide bonds. The number of methoxy groups -OCH3 is 1. The number of benzene rings is 2. The largest absolute Gasteiger partial charge is 0.497 e. The number of halogens is 1. The van der Waals surface area contributed by atoms with Crippen molar-refractivity contribution in [2.75, 3.05) is 25.3 Å². The molecular formula is C24H24FNO4. The van der Waals surface area contributed by atoms with Crippen molar-refractivity contribution in [1.82, 2.24) is 0 Å². The third-order valence-electron chi connectivity index (χ3n) is 6.47. The Morgan fingerprint density at radius 1 is 1.10 bits per heavy atom. The quantitative estimate of drug-likeness (QED) is 0.766. The van der Waals surface area contributed by atoms with Crippen molar-refractivity contribution in [3.05, 3.63) is 66.2 Å². The van der Waals surface area contributed by atoms with Crippen molar-refractivity contribution in [3.8, 4) is 5.75 Å². The molecule has 0 N–H and O–H groups in total. The topological polar surface area (TPSA) is 48.0 Å². The highest BCUT2D eigenvalue weighted by Gasteiger charge is 2.49. The predicted octanol–water partition coefficient (Wildman–Crippen LogP) is 4.03. The Bertz CT molecular complexity index is 973. The van der Waals surface area contributed by atoms with Crippen LogP contribution >= 0.6 is 0 Å². The average molecular weight is 409 g/mol. The van der Waals surface area contributed by atoms with E-state index in [2.05, 4.69) is 0 Å². The first kappa shape index (κ1) is 19.1. The molecule has 0 bridgehead atoms. The van der Waals surface area contributed by atoms with Gasteiger partial charge in [-0.1, -0.05) is 24.3 Å². The van der Waals surface area contributed by atoms with E-state index >= 15 is 0 Å². The fourth-order valence-electron chi connectivity index (χ4n) is 4.89. The number of fused-ring (bicyclic) bond motifs is 3. The van der Waals surface area contributed by atoms with Crippen LogP contribution in [0.4, 0.5) is 10.1 Å². The highest BCUT2D eigenvalue weighted by atomic mass is 19.1. The lowest BCUT2D eigenvalue weighted by atomic mass is 9.71. The van der Waals surface area contributed by atoms with Crippen molar-refractivity contribution in [1.29, 1.82) is 0 Å². The van der Waals surface area contributed by atoms with Gasteiger partial charge in [-0.15, -0.1) is 0 Å². The van der Waals surface area contributed by atoms with Crippen LogP contribution in [0.15, 0.2) is 54.8 Å². The van der Waals surface area contributed by atoms with E-state index in [1.807, 2.05) is 35.2 Å². The monoisotopic (exact) mass is 409 g/mol. The number of ether oxygens (including phenoxy) is 3. The Labute approximate surface area is 175 Å². The molecule has 1 aliphatic carbocycles. The van der Waals surface area contributed by atoms with Crippen LogP contribution in [0.3, 0.4) is 0 Å². The van der Waals surface area contributed by atoms with Gasteiger partial charge in [0.05, 0.1) is 36.7 Å².